The van der Waals surface area contributed by atoms with E-state index in [-0.39, 0.29) is 59.1 Å². The standard InChI is InChI=1S/C22H20N2O4S3/c1-28-12(25)8-24-20(26)15-10-7-11(16(15)21(24)27)17-14(10)13(9-5-3-2-4-6-9)18-19(30-17)23-22(29)31-18/h2-6,10-11,13-17H,7-8H2,1H3,(H,23,29). The molecule has 1 saturated heterocycles. The molecule has 0 spiro atoms. The van der Waals surface area contributed by atoms with E-state index in [1.165, 1.54) is 17.6 Å². The number of hydrogen-bond acceptors (Lipinski definition) is 7. The Hall–Kier alpha value is -1.97. The van der Waals surface area contributed by atoms with Gasteiger partial charge in [0.25, 0.3) is 0 Å². The number of aromatic nitrogens is 1. The average Bonchev–Trinajstić information content (AvgIpc) is 3.49. The molecule has 31 heavy (non-hydrogen) atoms. The number of fused-ring (bicyclic) bond motifs is 9. The van der Waals surface area contributed by atoms with E-state index in [1.54, 1.807) is 23.1 Å². The summed E-state index contributed by atoms with van der Waals surface area (Å²) in [6, 6.07) is 10.4. The first kappa shape index (κ1) is 19.7. The highest BCUT2D eigenvalue weighted by Gasteiger charge is 2.69. The first-order valence-corrected chi connectivity index (χ1v) is 12.5. The Morgan fingerprint density at radius 2 is 1.90 bits per heavy atom. The van der Waals surface area contributed by atoms with Gasteiger partial charge >= 0.3 is 5.97 Å². The maximum Gasteiger partial charge on any atom is 0.325 e. The first-order chi connectivity index (χ1) is 15.0. The van der Waals surface area contributed by atoms with E-state index in [1.807, 2.05) is 6.07 Å². The van der Waals surface area contributed by atoms with E-state index in [2.05, 4.69) is 29.2 Å². The molecular weight excluding hydrogens is 452 g/mol. The number of hydrogen-bond donors (Lipinski definition) is 1. The topological polar surface area (TPSA) is 79.5 Å². The van der Waals surface area contributed by atoms with Gasteiger partial charge in [0, 0.05) is 16.0 Å². The van der Waals surface area contributed by atoms with E-state index < -0.39 is 5.97 Å². The zero-order valence-electron chi connectivity index (χ0n) is 16.6. The van der Waals surface area contributed by atoms with Gasteiger partial charge in [-0.2, -0.15) is 0 Å². The van der Waals surface area contributed by atoms with E-state index >= 15 is 0 Å². The number of likely N-dealkylation sites (tertiary alicyclic amines) is 1. The largest absolute Gasteiger partial charge is 0.468 e. The zero-order chi connectivity index (χ0) is 21.4. The first-order valence-electron chi connectivity index (χ1n) is 10.4. The summed E-state index contributed by atoms with van der Waals surface area (Å²) in [5, 5.41) is 1.36. The Morgan fingerprint density at radius 3 is 2.61 bits per heavy atom. The van der Waals surface area contributed by atoms with Crippen molar-refractivity contribution in [2.45, 2.75) is 22.6 Å². The van der Waals surface area contributed by atoms with Crippen LogP contribution in [0.2, 0.25) is 0 Å². The Morgan fingerprint density at radius 1 is 1.19 bits per heavy atom. The lowest BCUT2D eigenvalue weighted by Crippen LogP contribution is -2.42. The van der Waals surface area contributed by atoms with Crippen molar-refractivity contribution < 1.29 is 19.1 Å². The van der Waals surface area contributed by atoms with Gasteiger partial charge in [-0.05, 0) is 42.0 Å². The van der Waals surface area contributed by atoms with Crippen molar-refractivity contribution in [3.8, 4) is 0 Å². The van der Waals surface area contributed by atoms with Gasteiger partial charge in [0.2, 0.25) is 11.8 Å². The van der Waals surface area contributed by atoms with Gasteiger partial charge in [-0.15, -0.1) is 23.1 Å². The number of imide groups is 1. The number of carbonyl (C=O) groups excluding carboxylic acids is 3. The molecule has 6 nitrogen and oxygen atoms in total. The van der Waals surface area contributed by atoms with Crippen LogP contribution in [0.4, 0.5) is 0 Å². The highest BCUT2D eigenvalue weighted by Crippen LogP contribution is 2.68. The van der Waals surface area contributed by atoms with Crippen LogP contribution in [0, 0.1) is 33.5 Å². The van der Waals surface area contributed by atoms with Crippen molar-refractivity contribution >= 4 is 53.1 Å². The van der Waals surface area contributed by atoms with Crippen molar-refractivity contribution in [2.75, 3.05) is 13.7 Å². The molecule has 7 unspecified atom stereocenters. The lowest BCUT2D eigenvalue weighted by Gasteiger charge is -2.43. The number of nitrogens with one attached hydrogen (secondary N) is 1. The normalized spacial score (nSPS) is 35.1. The zero-order valence-corrected chi connectivity index (χ0v) is 19.1. The van der Waals surface area contributed by atoms with E-state index in [0.29, 0.717) is 0 Å². The lowest BCUT2D eigenvalue weighted by molar-refractivity contribution is -0.151. The van der Waals surface area contributed by atoms with E-state index in [4.69, 9.17) is 17.0 Å². The number of carbonyl (C=O) groups is 3. The summed E-state index contributed by atoms with van der Waals surface area (Å²) in [4.78, 5) is 44.0. The summed E-state index contributed by atoms with van der Waals surface area (Å²) >= 11 is 8.88. The van der Waals surface area contributed by atoms with Gasteiger partial charge in [0.15, 0.2) is 3.95 Å². The van der Waals surface area contributed by atoms with Crippen LogP contribution in [0.15, 0.2) is 35.4 Å². The van der Waals surface area contributed by atoms with E-state index in [9.17, 15) is 14.4 Å². The molecule has 2 aliphatic carbocycles. The third kappa shape index (κ3) is 2.69. The lowest BCUT2D eigenvalue weighted by atomic mass is 9.68. The monoisotopic (exact) mass is 472 g/mol. The molecule has 9 heteroatoms. The number of aromatic amines is 1. The maximum absolute atomic E-state index is 13.3. The molecule has 1 aromatic carbocycles. The molecule has 2 saturated carbocycles. The molecule has 3 heterocycles. The number of thiazole rings is 1. The Bertz CT molecular complexity index is 1160. The number of esters is 1. The molecule has 0 radical (unpaired) electrons. The van der Waals surface area contributed by atoms with Crippen LogP contribution in [0.3, 0.4) is 0 Å². The van der Waals surface area contributed by atoms with Crippen molar-refractivity contribution in [2.24, 2.45) is 29.6 Å². The number of amides is 2. The highest BCUT2D eigenvalue weighted by atomic mass is 32.2. The second kappa shape index (κ2) is 7.02. The second-order valence-electron chi connectivity index (χ2n) is 8.71. The number of benzene rings is 1. The van der Waals surface area contributed by atoms with Gasteiger partial charge in [-0.3, -0.25) is 19.3 Å². The molecule has 3 fully saturated rings. The maximum atomic E-state index is 13.3. The van der Waals surface area contributed by atoms with Crippen LogP contribution in [-0.4, -0.2) is 46.6 Å². The summed E-state index contributed by atoms with van der Waals surface area (Å²) in [6.07, 6.45) is 0.889. The van der Waals surface area contributed by atoms with Gasteiger partial charge in [-0.25, -0.2) is 0 Å². The molecular formula is C22H20N2O4S3. The molecule has 4 aliphatic rings. The molecule has 7 atom stereocenters. The average molecular weight is 473 g/mol. The van der Waals surface area contributed by atoms with Crippen LogP contribution < -0.4 is 0 Å². The molecule has 1 N–H and O–H groups in total. The smallest absolute Gasteiger partial charge is 0.325 e. The molecule has 2 amide bonds. The predicted molar refractivity (Wildman–Crippen MR) is 118 cm³/mol. The number of nitrogens with zero attached hydrogens (tertiary/aromatic N) is 1. The number of rotatable bonds is 3. The van der Waals surface area contributed by atoms with Crippen LogP contribution in [0.1, 0.15) is 22.8 Å². The molecule has 2 aromatic rings. The molecule has 160 valence electrons. The number of thioether (sulfide) groups is 1. The minimum absolute atomic E-state index is 0.126. The van der Waals surface area contributed by atoms with Gasteiger partial charge in [0.05, 0.1) is 24.0 Å². The minimum Gasteiger partial charge on any atom is -0.468 e. The molecule has 2 bridgehead atoms. The van der Waals surface area contributed by atoms with Crippen molar-refractivity contribution in [1.82, 2.24) is 9.88 Å². The SMILES string of the molecule is COC(=O)CN1C(=O)C2C3CC(C2C1=O)C1C(c2ccccc2)c2sc(=S)[nH]c2SC31. The van der Waals surface area contributed by atoms with Gasteiger partial charge in [0.1, 0.15) is 6.54 Å². The van der Waals surface area contributed by atoms with Gasteiger partial charge < -0.3 is 9.72 Å². The summed E-state index contributed by atoms with van der Waals surface area (Å²) < 4.78 is 5.48. The summed E-state index contributed by atoms with van der Waals surface area (Å²) in [6.45, 7) is -0.286. The van der Waals surface area contributed by atoms with Crippen LogP contribution in [0.5, 0.6) is 0 Å². The summed E-state index contributed by atoms with van der Waals surface area (Å²) in [7, 11) is 1.27. The third-order valence-electron chi connectivity index (χ3n) is 7.49. The fourth-order valence-electron chi connectivity index (χ4n) is 6.46. The van der Waals surface area contributed by atoms with E-state index in [0.717, 1.165) is 20.3 Å². The predicted octanol–water partition coefficient (Wildman–Crippen LogP) is 3.45. The number of ether oxygens (including phenoxy) is 1. The second-order valence-corrected chi connectivity index (χ2v) is 11.6. The van der Waals surface area contributed by atoms with Gasteiger partial charge in [-0.1, -0.05) is 30.3 Å². The van der Waals surface area contributed by atoms with Crippen LogP contribution in [-0.2, 0) is 19.1 Å². The van der Waals surface area contributed by atoms with Crippen LogP contribution >= 0.6 is 35.3 Å². The highest BCUT2D eigenvalue weighted by molar-refractivity contribution is 8.00. The molecule has 2 aliphatic heterocycles. The fourth-order valence-corrected chi connectivity index (χ4v) is 9.80. The Balaban J connectivity index is 1.43. The Labute approximate surface area is 192 Å². The van der Waals surface area contributed by atoms with Crippen LogP contribution in [0.25, 0.3) is 0 Å². The van der Waals surface area contributed by atoms with Crippen molar-refractivity contribution in [3.63, 3.8) is 0 Å². The number of methoxy groups -OCH3 is 1. The summed E-state index contributed by atoms with van der Waals surface area (Å²) in [5.74, 6) is -0.929. The van der Waals surface area contributed by atoms with Crippen molar-refractivity contribution in [3.05, 3.63) is 44.7 Å². The minimum atomic E-state index is -0.558. The van der Waals surface area contributed by atoms with Crippen molar-refractivity contribution in [1.29, 1.82) is 0 Å². The quantitative estimate of drug-likeness (QED) is 0.419. The summed E-state index contributed by atoms with van der Waals surface area (Å²) in [5.41, 5.74) is 1.23. The fraction of sp³-hybridized carbons (Fsp3) is 0.455. The Kier molecular flexibility index (Phi) is 4.46. The number of H-pyrrole nitrogens is 1. The molecule has 6 rings (SSSR count). The molecule has 1 aromatic heterocycles. The third-order valence-corrected chi connectivity index (χ3v) is 10.4.